The zero-order valence-corrected chi connectivity index (χ0v) is 12.9. The Morgan fingerprint density at radius 1 is 1.28 bits per heavy atom. The Labute approximate surface area is 119 Å². The Morgan fingerprint density at radius 2 is 2.00 bits per heavy atom. The lowest BCUT2D eigenvalue weighted by molar-refractivity contribution is 0.386. The van der Waals surface area contributed by atoms with E-state index in [2.05, 4.69) is 35.8 Å². The second kappa shape index (κ2) is 5.41. The van der Waals surface area contributed by atoms with Crippen molar-refractivity contribution in [3.63, 3.8) is 0 Å². The molecule has 0 spiro atoms. The van der Waals surface area contributed by atoms with Gasteiger partial charge in [-0.3, -0.25) is 0 Å². The number of benzene rings is 1. The number of rotatable bonds is 3. The van der Waals surface area contributed by atoms with Crippen molar-refractivity contribution < 1.29 is 9.13 Å². The monoisotopic (exact) mass is 328 g/mol. The maximum Gasteiger partial charge on any atom is 0.165 e. The highest BCUT2D eigenvalue weighted by Gasteiger charge is 2.16. The minimum atomic E-state index is -0.334. The zero-order chi connectivity index (χ0) is 13.3. The molecule has 18 heavy (non-hydrogen) atoms. The Bertz CT molecular complexity index is 565. The van der Waals surface area contributed by atoms with Gasteiger partial charge in [0.2, 0.25) is 0 Å². The minimum Gasteiger partial charge on any atom is -0.494 e. The van der Waals surface area contributed by atoms with Crippen LogP contribution < -0.4 is 4.74 Å². The summed E-state index contributed by atoms with van der Waals surface area (Å²) in [5.74, 6) is -0.0549. The van der Waals surface area contributed by atoms with Crippen LogP contribution >= 0.6 is 27.3 Å². The number of hydrogen-bond donors (Lipinski definition) is 0. The molecule has 1 aromatic heterocycles. The second-order valence-corrected chi connectivity index (χ2v) is 6.50. The number of methoxy groups -OCH3 is 1. The lowest BCUT2D eigenvalue weighted by Crippen LogP contribution is -1.95. The molecular weight excluding hydrogens is 315 g/mol. The summed E-state index contributed by atoms with van der Waals surface area (Å²) >= 11 is 5.44. The molecule has 2 rings (SSSR count). The molecule has 0 bridgehead atoms. The smallest absolute Gasteiger partial charge is 0.165 e. The Hall–Kier alpha value is -0.870. The van der Waals surface area contributed by atoms with Crippen molar-refractivity contribution in [3.8, 4) is 5.75 Å². The molecule has 0 N–H and O–H groups in total. The summed E-state index contributed by atoms with van der Waals surface area (Å²) in [4.78, 5) is 2.62. The molecule has 0 aliphatic carbocycles. The fraction of sp³-hybridized carbons (Fsp3) is 0.286. The van der Waals surface area contributed by atoms with Gasteiger partial charge in [0, 0.05) is 9.75 Å². The molecule has 96 valence electrons. The lowest BCUT2D eigenvalue weighted by Gasteiger charge is -2.12. The highest BCUT2D eigenvalue weighted by Crippen LogP contribution is 2.38. The van der Waals surface area contributed by atoms with Crippen molar-refractivity contribution in [3.05, 3.63) is 51.0 Å². The summed E-state index contributed by atoms with van der Waals surface area (Å²) in [7, 11) is 1.48. The molecule has 0 aliphatic heterocycles. The summed E-state index contributed by atoms with van der Waals surface area (Å²) in [6.07, 6.45) is 0. The quantitative estimate of drug-likeness (QED) is 0.720. The third-order valence-corrected chi connectivity index (χ3v) is 4.82. The number of thiophene rings is 1. The largest absolute Gasteiger partial charge is 0.494 e. The summed E-state index contributed by atoms with van der Waals surface area (Å²) in [5.41, 5.74) is 2.22. The third kappa shape index (κ3) is 2.59. The van der Waals surface area contributed by atoms with Crippen molar-refractivity contribution in [2.75, 3.05) is 7.11 Å². The average Bonchev–Trinajstić information content (AvgIpc) is 2.68. The first kappa shape index (κ1) is 13.6. The van der Waals surface area contributed by atoms with Gasteiger partial charge in [-0.2, -0.15) is 0 Å². The van der Waals surface area contributed by atoms with Crippen LogP contribution in [0.4, 0.5) is 4.39 Å². The molecule has 4 heteroatoms. The van der Waals surface area contributed by atoms with Gasteiger partial charge in [0.1, 0.15) is 0 Å². The molecule has 1 heterocycles. The van der Waals surface area contributed by atoms with Gasteiger partial charge in [-0.05, 0) is 43.2 Å². The van der Waals surface area contributed by atoms with Crippen LogP contribution in [-0.4, -0.2) is 7.11 Å². The van der Waals surface area contributed by atoms with Gasteiger partial charge in [-0.15, -0.1) is 11.3 Å². The summed E-state index contributed by atoms with van der Waals surface area (Å²) in [5, 5.41) is 0. The van der Waals surface area contributed by atoms with E-state index in [1.807, 2.05) is 0 Å². The topological polar surface area (TPSA) is 9.23 Å². The van der Waals surface area contributed by atoms with E-state index < -0.39 is 0 Å². The summed E-state index contributed by atoms with van der Waals surface area (Å²) in [6.45, 7) is 4.19. The SMILES string of the molecule is COc1cc(C(Br)c2cc(C)sc2C)ccc1F. The lowest BCUT2D eigenvalue weighted by atomic mass is 10.0. The molecule has 1 nitrogen and oxygen atoms in total. The standard InChI is InChI=1S/C14H14BrFOS/c1-8-6-11(9(2)18-8)14(15)10-4-5-12(16)13(7-10)17-3/h4-7,14H,1-3H3. The Kier molecular flexibility index (Phi) is 4.07. The van der Waals surface area contributed by atoms with Crippen LogP contribution in [0.15, 0.2) is 24.3 Å². The summed E-state index contributed by atoms with van der Waals surface area (Å²) < 4.78 is 18.4. The maximum absolute atomic E-state index is 13.4. The maximum atomic E-state index is 13.4. The average molecular weight is 329 g/mol. The molecule has 0 radical (unpaired) electrons. The third-order valence-electron chi connectivity index (χ3n) is 2.82. The van der Waals surface area contributed by atoms with Crippen LogP contribution in [0.3, 0.4) is 0 Å². The van der Waals surface area contributed by atoms with Crippen molar-refractivity contribution >= 4 is 27.3 Å². The fourth-order valence-electron chi connectivity index (χ4n) is 1.92. The normalized spacial score (nSPS) is 12.5. The molecule has 0 amide bonds. The van der Waals surface area contributed by atoms with Crippen molar-refractivity contribution in [2.45, 2.75) is 18.7 Å². The van der Waals surface area contributed by atoms with Crippen LogP contribution in [-0.2, 0) is 0 Å². The Morgan fingerprint density at radius 3 is 2.56 bits per heavy atom. The predicted molar refractivity (Wildman–Crippen MR) is 77.5 cm³/mol. The molecule has 2 aromatic rings. The van der Waals surface area contributed by atoms with E-state index >= 15 is 0 Å². The first-order valence-corrected chi connectivity index (χ1v) is 7.30. The summed E-state index contributed by atoms with van der Waals surface area (Å²) in [6, 6.07) is 7.12. The van der Waals surface area contributed by atoms with Gasteiger partial charge >= 0.3 is 0 Å². The van der Waals surface area contributed by atoms with Gasteiger partial charge in [-0.1, -0.05) is 22.0 Å². The highest BCUT2D eigenvalue weighted by molar-refractivity contribution is 9.09. The number of hydrogen-bond acceptors (Lipinski definition) is 2. The zero-order valence-electron chi connectivity index (χ0n) is 10.5. The van der Waals surface area contributed by atoms with Crippen LogP contribution in [0.25, 0.3) is 0 Å². The minimum absolute atomic E-state index is 0.0666. The van der Waals surface area contributed by atoms with Gasteiger partial charge in [0.15, 0.2) is 11.6 Å². The van der Waals surface area contributed by atoms with E-state index in [-0.39, 0.29) is 16.4 Å². The first-order valence-electron chi connectivity index (χ1n) is 5.57. The van der Waals surface area contributed by atoms with E-state index in [1.165, 1.54) is 28.5 Å². The molecule has 0 saturated heterocycles. The van der Waals surface area contributed by atoms with Crippen LogP contribution in [0, 0.1) is 19.7 Å². The van der Waals surface area contributed by atoms with Gasteiger partial charge in [0.25, 0.3) is 0 Å². The van der Waals surface area contributed by atoms with Crippen molar-refractivity contribution in [2.24, 2.45) is 0 Å². The predicted octanol–water partition coefficient (Wildman–Crippen LogP) is 5.00. The van der Waals surface area contributed by atoms with E-state index in [4.69, 9.17) is 4.74 Å². The first-order chi connectivity index (χ1) is 8.52. The Balaban J connectivity index is 2.39. The van der Waals surface area contributed by atoms with E-state index in [1.54, 1.807) is 23.5 Å². The van der Waals surface area contributed by atoms with Gasteiger partial charge in [-0.25, -0.2) is 4.39 Å². The second-order valence-electron chi connectivity index (χ2n) is 4.13. The molecule has 0 fully saturated rings. The highest BCUT2D eigenvalue weighted by atomic mass is 79.9. The number of halogens is 2. The molecular formula is C14H14BrFOS. The van der Waals surface area contributed by atoms with Crippen LogP contribution in [0.1, 0.15) is 25.7 Å². The number of aryl methyl sites for hydroxylation is 2. The fourth-order valence-corrected chi connectivity index (χ4v) is 3.79. The molecule has 1 unspecified atom stereocenters. The molecule has 1 atom stereocenters. The molecule has 0 saturated carbocycles. The van der Waals surface area contributed by atoms with Crippen molar-refractivity contribution in [1.29, 1.82) is 0 Å². The van der Waals surface area contributed by atoms with E-state index in [0.29, 0.717) is 0 Å². The van der Waals surface area contributed by atoms with Gasteiger partial charge in [0.05, 0.1) is 11.9 Å². The number of ether oxygens (including phenoxy) is 1. The molecule has 0 aliphatic rings. The van der Waals surface area contributed by atoms with Crippen LogP contribution in [0.2, 0.25) is 0 Å². The molecule has 1 aromatic carbocycles. The van der Waals surface area contributed by atoms with E-state index in [0.717, 1.165) is 5.56 Å². The van der Waals surface area contributed by atoms with Gasteiger partial charge < -0.3 is 4.74 Å². The number of alkyl halides is 1. The van der Waals surface area contributed by atoms with E-state index in [9.17, 15) is 4.39 Å². The van der Waals surface area contributed by atoms with Crippen molar-refractivity contribution in [1.82, 2.24) is 0 Å². The van der Waals surface area contributed by atoms with Crippen LogP contribution in [0.5, 0.6) is 5.75 Å².